The maximum absolute atomic E-state index is 6.09. The van der Waals surface area contributed by atoms with Gasteiger partial charge in [-0.15, -0.1) is 0 Å². The van der Waals surface area contributed by atoms with Gasteiger partial charge in [0, 0.05) is 6.04 Å². The summed E-state index contributed by atoms with van der Waals surface area (Å²) in [5, 5.41) is 0. The Bertz CT molecular complexity index is 369. The molecule has 0 heterocycles. The first-order valence-corrected chi connectivity index (χ1v) is 6.04. The van der Waals surface area contributed by atoms with Crippen LogP contribution in [0, 0.1) is 0 Å². The maximum atomic E-state index is 6.09. The topological polar surface area (TPSA) is 61.3 Å². The Balaban J connectivity index is 3.13. The SMILES string of the molecule is COc1ccc(C(N)CCN)cc1C(C)(C)C. The first kappa shape index (κ1) is 14.0. The summed E-state index contributed by atoms with van der Waals surface area (Å²) in [5.41, 5.74) is 14.0. The summed E-state index contributed by atoms with van der Waals surface area (Å²) in [5.74, 6) is 0.918. The Morgan fingerprint density at radius 3 is 2.41 bits per heavy atom. The van der Waals surface area contributed by atoms with Crippen LogP contribution in [0.4, 0.5) is 0 Å². The van der Waals surface area contributed by atoms with Gasteiger partial charge in [0.05, 0.1) is 7.11 Å². The number of hydrogen-bond donors (Lipinski definition) is 2. The van der Waals surface area contributed by atoms with Crippen LogP contribution in [0.1, 0.15) is 44.4 Å². The van der Waals surface area contributed by atoms with E-state index in [0.717, 1.165) is 17.7 Å². The van der Waals surface area contributed by atoms with Gasteiger partial charge in [-0.1, -0.05) is 32.9 Å². The number of methoxy groups -OCH3 is 1. The average molecular weight is 236 g/mol. The smallest absolute Gasteiger partial charge is 0.122 e. The normalized spacial score (nSPS) is 13.5. The van der Waals surface area contributed by atoms with Crippen LogP contribution in [-0.4, -0.2) is 13.7 Å². The molecule has 0 aliphatic rings. The van der Waals surface area contributed by atoms with Crippen molar-refractivity contribution in [3.63, 3.8) is 0 Å². The monoisotopic (exact) mass is 236 g/mol. The summed E-state index contributed by atoms with van der Waals surface area (Å²) in [6, 6.07) is 6.16. The van der Waals surface area contributed by atoms with Crippen molar-refractivity contribution >= 4 is 0 Å². The molecule has 0 aliphatic carbocycles. The maximum Gasteiger partial charge on any atom is 0.122 e. The zero-order valence-electron chi connectivity index (χ0n) is 11.3. The van der Waals surface area contributed by atoms with E-state index in [0.29, 0.717) is 6.54 Å². The highest BCUT2D eigenvalue weighted by molar-refractivity contribution is 5.42. The van der Waals surface area contributed by atoms with Gasteiger partial charge in [-0.05, 0) is 35.6 Å². The lowest BCUT2D eigenvalue weighted by atomic mass is 9.84. The van der Waals surface area contributed by atoms with Gasteiger partial charge in [0.1, 0.15) is 5.75 Å². The quantitative estimate of drug-likeness (QED) is 0.843. The number of nitrogens with two attached hydrogens (primary N) is 2. The molecule has 3 nitrogen and oxygen atoms in total. The Morgan fingerprint density at radius 1 is 1.29 bits per heavy atom. The third-order valence-corrected chi connectivity index (χ3v) is 2.94. The second-order valence-electron chi connectivity index (χ2n) is 5.39. The Labute approximate surface area is 104 Å². The van der Waals surface area contributed by atoms with Gasteiger partial charge in [0.2, 0.25) is 0 Å². The van der Waals surface area contributed by atoms with E-state index >= 15 is 0 Å². The summed E-state index contributed by atoms with van der Waals surface area (Å²) in [6.45, 7) is 7.12. The fourth-order valence-electron chi connectivity index (χ4n) is 1.89. The number of ether oxygens (including phenoxy) is 1. The summed E-state index contributed by atoms with van der Waals surface area (Å²) in [6.07, 6.45) is 0.801. The van der Waals surface area contributed by atoms with Gasteiger partial charge in [0.15, 0.2) is 0 Å². The third-order valence-electron chi connectivity index (χ3n) is 2.94. The summed E-state index contributed by atoms with van der Waals surface area (Å²) in [4.78, 5) is 0. The molecule has 17 heavy (non-hydrogen) atoms. The fraction of sp³-hybridized carbons (Fsp3) is 0.571. The largest absolute Gasteiger partial charge is 0.496 e. The van der Waals surface area contributed by atoms with Crippen LogP contribution in [-0.2, 0) is 5.41 Å². The first-order valence-electron chi connectivity index (χ1n) is 6.04. The van der Waals surface area contributed by atoms with Crippen LogP contribution in [0.3, 0.4) is 0 Å². The van der Waals surface area contributed by atoms with Crippen molar-refractivity contribution in [3.05, 3.63) is 29.3 Å². The lowest BCUT2D eigenvalue weighted by Crippen LogP contribution is -2.18. The molecule has 1 rings (SSSR count). The lowest BCUT2D eigenvalue weighted by Gasteiger charge is -2.24. The van der Waals surface area contributed by atoms with Crippen molar-refractivity contribution in [1.29, 1.82) is 0 Å². The number of hydrogen-bond acceptors (Lipinski definition) is 3. The molecule has 0 aromatic heterocycles. The van der Waals surface area contributed by atoms with Crippen molar-refractivity contribution in [1.82, 2.24) is 0 Å². The van der Waals surface area contributed by atoms with Crippen LogP contribution in [0.25, 0.3) is 0 Å². The second-order valence-corrected chi connectivity index (χ2v) is 5.39. The number of rotatable bonds is 4. The van der Waals surface area contributed by atoms with Crippen molar-refractivity contribution < 1.29 is 4.74 Å². The summed E-state index contributed by atoms with van der Waals surface area (Å²) < 4.78 is 5.40. The van der Waals surface area contributed by atoms with Gasteiger partial charge in [-0.2, -0.15) is 0 Å². The van der Waals surface area contributed by atoms with E-state index in [2.05, 4.69) is 26.8 Å². The molecule has 4 N–H and O–H groups in total. The molecular formula is C14H24N2O. The van der Waals surface area contributed by atoms with Crippen LogP contribution >= 0.6 is 0 Å². The molecular weight excluding hydrogens is 212 g/mol. The zero-order valence-corrected chi connectivity index (χ0v) is 11.3. The molecule has 0 bridgehead atoms. The molecule has 1 atom stereocenters. The molecule has 1 aromatic rings. The van der Waals surface area contributed by atoms with Crippen LogP contribution in [0.15, 0.2) is 18.2 Å². The van der Waals surface area contributed by atoms with E-state index in [4.69, 9.17) is 16.2 Å². The van der Waals surface area contributed by atoms with Gasteiger partial charge in [-0.25, -0.2) is 0 Å². The minimum Gasteiger partial charge on any atom is -0.496 e. The number of benzene rings is 1. The minimum atomic E-state index is 0.00649. The van der Waals surface area contributed by atoms with Crippen molar-refractivity contribution in [2.75, 3.05) is 13.7 Å². The molecule has 0 saturated heterocycles. The van der Waals surface area contributed by atoms with Crippen LogP contribution < -0.4 is 16.2 Å². The van der Waals surface area contributed by atoms with E-state index in [-0.39, 0.29) is 11.5 Å². The van der Waals surface area contributed by atoms with Gasteiger partial charge >= 0.3 is 0 Å². The lowest BCUT2D eigenvalue weighted by molar-refractivity contribution is 0.397. The van der Waals surface area contributed by atoms with E-state index in [1.807, 2.05) is 12.1 Å². The first-order chi connectivity index (χ1) is 7.90. The molecule has 0 saturated carbocycles. The van der Waals surface area contributed by atoms with E-state index in [9.17, 15) is 0 Å². The summed E-state index contributed by atoms with van der Waals surface area (Å²) >= 11 is 0. The molecule has 0 amide bonds. The van der Waals surface area contributed by atoms with E-state index < -0.39 is 0 Å². The van der Waals surface area contributed by atoms with Crippen molar-refractivity contribution in [2.45, 2.75) is 38.6 Å². The molecule has 1 aromatic carbocycles. The highest BCUT2D eigenvalue weighted by Gasteiger charge is 2.20. The molecule has 3 heteroatoms. The molecule has 0 radical (unpaired) electrons. The molecule has 1 unspecified atom stereocenters. The highest BCUT2D eigenvalue weighted by atomic mass is 16.5. The van der Waals surface area contributed by atoms with Gasteiger partial charge < -0.3 is 16.2 Å². The Morgan fingerprint density at radius 2 is 1.94 bits per heavy atom. The highest BCUT2D eigenvalue weighted by Crippen LogP contribution is 2.33. The molecule has 96 valence electrons. The standard InChI is InChI=1S/C14H24N2O/c1-14(2,3)11-9-10(12(16)7-8-15)5-6-13(11)17-4/h5-6,9,12H,7-8,15-16H2,1-4H3. The molecule has 0 fully saturated rings. The molecule has 0 spiro atoms. The minimum absolute atomic E-state index is 0.00649. The van der Waals surface area contributed by atoms with E-state index in [1.165, 1.54) is 5.56 Å². The van der Waals surface area contributed by atoms with Crippen molar-refractivity contribution in [2.24, 2.45) is 11.5 Å². The Hall–Kier alpha value is -1.06. The van der Waals surface area contributed by atoms with Gasteiger partial charge in [-0.3, -0.25) is 0 Å². The van der Waals surface area contributed by atoms with Crippen LogP contribution in [0.2, 0.25) is 0 Å². The van der Waals surface area contributed by atoms with Gasteiger partial charge in [0.25, 0.3) is 0 Å². The fourth-order valence-corrected chi connectivity index (χ4v) is 1.89. The second kappa shape index (κ2) is 5.52. The predicted molar refractivity (Wildman–Crippen MR) is 72.3 cm³/mol. The third kappa shape index (κ3) is 3.45. The summed E-state index contributed by atoms with van der Waals surface area (Å²) in [7, 11) is 1.70. The zero-order chi connectivity index (χ0) is 13.1. The Kier molecular flexibility index (Phi) is 4.54. The van der Waals surface area contributed by atoms with E-state index in [1.54, 1.807) is 7.11 Å². The molecule has 0 aliphatic heterocycles. The van der Waals surface area contributed by atoms with Crippen LogP contribution in [0.5, 0.6) is 5.75 Å². The van der Waals surface area contributed by atoms with Crippen molar-refractivity contribution in [3.8, 4) is 5.75 Å². The predicted octanol–water partition coefficient (Wildman–Crippen LogP) is 2.34. The average Bonchev–Trinajstić information content (AvgIpc) is 2.27.